The number of hydrogen-bond acceptors (Lipinski definition) is 3. The Balaban J connectivity index is 1.54. The van der Waals surface area contributed by atoms with Crippen LogP contribution in [-0.4, -0.2) is 23.6 Å². The van der Waals surface area contributed by atoms with Gasteiger partial charge in [0.1, 0.15) is 0 Å². The Bertz CT molecular complexity index is 358. The number of carbonyl (C=O) groups excluding carboxylic acids is 1. The molecule has 2 N–H and O–H groups in total. The molecule has 5 heteroatoms. The van der Waals surface area contributed by atoms with Crippen LogP contribution in [0.1, 0.15) is 44.9 Å². The topological polar surface area (TPSA) is 75.6 Å². The first kappa shape index (κ1) is 12.9. The molecular formula is C14H21NO4. The van der Waals surface area contributed by atoms with Gasteiger partial charge in [0.15, 0.2) is 6.61 Å². The van der Waals surface area contributed by atoms with Gasteiger partial charge in [-0.3, -0.25) is 9.63 Å². The highest BCUT2D eigenvalue weighted by Crippen LogP contribution is 2.61. The fourth-order valence-electron chi connectivity index (χ4n) is 5.06. The number of carboxylic acid groups (broad SMARTS) is 1. The Morgan fingerprint density at radius 2 is 1.63 bits per heavy atom. The molecular weight excluding hydrogens is 246 g/mol. The van der Waals surface area contributed by atoms with E-state index in [9.17, 15) is 9.59 Å². The smallest absolute Gasteiger partial charge is 0.332 e. The minimum atomic E-state index is -1.07. The van der Waals surface area contributed by atoms with E-state index in [1.165, 1.54) is 38.5 Å². The number of amides is 1. The van der Waals surface area contributed by atoms with Crippen molar-refractivity contribution >= 4 is 11.9 Å². The zero-order valence-corrected chi connectivity index (χ0v) is 11.1. The Kier molecular flexibility index (Phi) is 3.25. The molecule has 0 heterocycles. The highest BCUT2D eigenvalue weighted by molar-refractivity contribution is 5.76. The second kappa shape index (κ2) is 4.78. The molecule has 0 aromatic heterocycles. The standard InChI is InChI=1S/C14H21NO4/c16-12(15-19-8-13(17)18)7-14-4-9-1-10(5-14)3-11(2-9)6-14/h9-11H,1-8H2,(H,15,16)(H,17,18). The van der Waals surface area contributed by atoms with E-state index < -0.39 is 12.6 Å². The molecule has 4 fully saturated rings. The number of aliphatic carboxylic acids is 1. The van der Waals surface area contributed by atoms with Gasteiger partial charge in [-0.2, -0.15) is 0 Å². The van der Waals surface area contributed by atoms with Crippen molar-refractivity contribution in [1.29, 1.82) is 0 Å². The van der Waals surface area contributed by atoms with E-state index in [2.05, 4.69) is 10.3 Å². The number of hydroxylamine groups is 1. The molecule has 4 bridgehead atoms. The zero-order valence-electron chi connectivity index (χ0n) is 11.1. The van der Waals surface area contributed by atoms with E-state index in [0.717, 1.165) is 17.8 Å². The average molecular weight is 267 g/mol. The average Bonchev–Trinajstić information content (AvgIpc) is 2.25. The predicted molar refractivity (Wildman–Crippen MR) is 67.0 cm³/mol. The maximum atomic E-state index is 11.9. The first-order valence-corrected chi connectivity index (χ1v) is 7.17. The Morgan fingerprint density at radius 3 is 2.11 bits per heavy atom. The Morgan fingerprint density at radius 1 is 1.11 bits per heavy atom. The number of rotatable bonds is 5. The molecule has 0 aromatic carbocycles. The van der Waals surface area contributed by atoms with Gasteiger partial charge in [0, 0.05) is 6.42 Å². The van der Waals surface area contributed by atoms with Gasteiger partial charge in [0.05, 0.1) is 0 Å². The summed E-state index contributed by atoms with van der Waals surface area (Å²) in [6.45, 7) is -0.480. The van der Waals surface area contributed by atoms with Crippen LogP contribution in [-0.2, 0) is 14.4 Å². The molecule has 4 saturated carbocycles. The molecule has 0 radical (unpaired) electrons. The number of carbonyl (C=O) groups is 2. The lowest BCUT2D eigenvalue weighted by atomic mass is 9.49. The third-order valence-corrected chi connectivity index (χ3v) is 5.08. The molecule has 19 heavy (non-hydrogen) atoms. The van der Waals surface area contributed by atoms with Gasteiger partial charge in [0.2, 0.25) is 5.91 Å². The van der Waals surface area contributed by atoms with E-state index >= 15 is 0 Å². The number of carboxylic acids is 1. The van der Waals surface area contributed by atoms with E-state index in [0.29, 0.717) is 6.42 Å². The van der Waals surface area contributed by atoms with Crippen LogP contribution in [0.5, 0.6) is 0 Å². The molecule has 4 aliphatic rings. The van der Waals surface area contributed by atoms with Crippen molar-refractivity contribution in [2.75, 3.05) is 6.61 Å². The molecule has 0 spiro atoms. The van der Waals surface area contributed by atoms with Gasteiger partial charge in [-0.25, -0.2) is 10.3 Å². The lowest BCUT2D eigenvalue weighted by Crippen LogP contribution is -2.48. The van der Waals surface area contributed by atoms with Gasteiger partial charge in [0.25, 0.3) is 0 Å². The zero-order chi connectivity index (χ0) is 13.5. The summed E-state index contributed by atoms with van der Waals surface area (Å²) >= 11 is 0. The fraction of sp³-hybridized carbons (Fsp3) is 0.857. The molecule has 0 aromatic rings. The van der Waals surface area contributed by atoms with E-state index in [1.807, 2.05) is 0 Å². The van der Waals surface area contributed by atoms with Crippen molar-refractivity contribution in [2.45, 2.75) is 44.9 Å². The van der Waals surface area contributed by atoms with Crippen molar-refractivity contribution in [3.63, 3.8) is 0 Å². The summed E-state index contributed by atoms with van der Waals surface area (Å²) in [5.41, 5.74) is 2.44. The van der Waals surface area contributed by atoms with Crippen LogP contribution in [0, 0.1) is 23.2 Å². The third kappa shape index (κ3) is 2.76. The minimum Gasteiger partial charge on any atom is -0.479 e. The van der Waals surface area contributed by atoms with Crippen LogP contribution in [0.4, 0.5) is 0 Å². The molecule has 1 amide bonds. The molecule has 4 rings (SSSR count). The van der Waals surface area contributed by atoms with Gasteiger partial charge >= 0.3 is 5.97 Å². The summed E-state index contributed by atoms with van der Waals surface area (Å²) < 4.78 is 0. The van der Waals surface area contributed by atoms with E-state index in [-0.39, 0.29) is 11.3 Å². The highest BCUT2D eigenvalue weighted by atomic mass is 16.7. The van der Waals surface area contributed by atoms with Crippen molar-refractivity contribution in [3.8, 4) is 0 Å². The lowest BCUT2D eigenvalue weighted by Gasteiger charge is -2.56. The van der Waals surface area contributed by atoms with Crippen molar-refractivity contribution < 1.29 is 19.5 Å². The van der Waals surface area contributed by atoms with E-state index in [4.69, 9.17) is 5.11 Å². The second-order valence-corrected chi connectivity index (χ2v) is 6.80. The summed E-state index contributed by atoms with van der Waals surface area (Å²) in [4.78, 5) is 26.9. The van der Waals surface area contributed by atoms with Crippen LogP contribution in [0.15, 0.2) is 0 Å². The number of nitrogens with one attached hydrogen (secondary N) is 1. The fourth-order valence-corrected chi connectivity index (χ4v) is 5.06. The number of hydrogen-bond donors (Lipinski definition) is 2. The summed E-state index contributed by atoms with van der Waals surface area (Å²) in [5, 5.41) is 8.45. The van der Waals surface area contributed by atoms with Gasteiger partial charge in [-0.1, -0.05) is 0 Å². The molecule has 0 atom stereocenters. The van der Waals surface area contributed by atoms with Crippen LogP contribution in [0.2, 0.25) is 0 Å². The van der Waals surface area contributed by atoms with Gasteiger partial charge in [-0.15, -0.1) is 0 Å². The molecule has 0 unspecified atom stereocenters. The second-order valence-electron chi connectivity index (χ2n) is 6.80. The normalized spacial score (nSPS) is 39.3. The molecule has 4 aliphatic carbocycles. The monoisotopic (exact) mass is 267 g/mol. The first-order valence-electron chi connectivity index (χ1n) is 7.17. The van der Waals surface area contributed by atoms with Crippen LogP contribution < -0.4 is 5.48 Å². The predicted octanol–water partition coefficient (Wildman–Crippen LogP) is 1.73. The molecule has 5 nitrogen and oxygen atoms in total. The quantitative estimate of drug-likeness (QED) is 0.744. The van der Waals surface area contributed by atoms with Crippen molar-refractivity contribution in [3.05, 3.63) is 0 Å². The van der Waals surface area contributed by atoms with Gasteiger partial charge < -0.3 is 5.11 Å². The van der Waals surface area contributed by atoms with E-state index in [1.54, 1.807) is 0 Å². The minimum absolute atomic E-state index is 0.164. The Hall–Kier alpha value is -1.10. The van der Waals surface area contributed by atoms with Gasteiger partial charge in [-0.05, 0) is 61.7 Å². The summed E-state index contributed by atoms with van der Waals surface area (Å²) in [6.07, 6.45) is 8.08. The largest absolute Gasteiger partial charge is 0.479 e. The third-order valence-electron chi connectivity index (χ3n) is 5.08. The molecule has 0 aliphatic heterocycles. The Labute approximate surface area is 112 Å². The summed E-state index contributed by atoms with van der Waals surface area (Å²) in [7, 11) is 0. The van der Waals surface area contributed by atoms with Crippen molar-refractivity contribution in [1.82, 2.24) is 5.48 Å². The first-order chi connectivity index (χ1) is 9.05. The lowest BCUT2D eigenvalue weighted by molar-refractivity contribution is -0.151. The van der Waals surface area contributed by atoms with Crippen LogP contribution >= 0.6 is 0 Å². The van der Waals surface area contributed by atoms with Crippen LogP contribution in [0.25, 0.3) is 0 Å². The molecule has 0 saturated heterocycles. The summed E-state index contributed by atoms with van der Waals surface area (Å²) in [5.74, 6) is 1.22. The SMILES string of the molecule is O=C(O)CONC(=O)CC12CC3CC(CC(C3)C1)C2. The maximum absolute atomic E-state index is 11.9. The van der Waals surface area contributed by atoms with Crippen molar-refractivity contribution in [2.24, 2.45) is 23.2 Å². The maximum Gasteiger partial charge on any atom is 0.332 e. The molecule has 106 valence electrons. The highest BCUT2D eigenvalue weighted by Gasteiger charge is 2.51. The van der Waals surface area contributed by atoms with Crippen LogP contribution in [0.3, 0.4) is 0 Å². The summed E-state index contributed by atoms with van der Waals surface area (Å²) in [6, 6.07) is 0.